The van der Waals surface area contributed by atoms with Crippen LogP contribution < -0.4 is 4.90 Å². The van der Waals surface area contributed by atoms with Crippen molar-refractivity contribution in [3.63, 3.8) is 0 Å². The van der Waals surface area contributed by atoms with Crippen LogP contribution in [0.15, 0.2) is 68.7 Å². The minimum atomic E-state index is -4.61. The number of nitroso groups, excluding NO2 is 2. The monoisotopic (exact) mass is 640 g/mol. The Morgan fingerprint density at radius 1 is 0.881 bits per heavy atom. The van der Waals surface area contributed by atoms with Gasteiger partial charge in [-0.3, -0.25) is 18.7 Å². The maximum Gasteiger partial charge on any atom is 0.363 e. The molecule has 1 heterocycles. The lowest BCUT2D eigenvalue weighted by Crippen LogP contribution is -2.34. The molecular formula is C23H26N6O10P2S. The van der Waals surface area contributed by atoms with Crippen molar-refractivity contribution in [1.82, 2.24) is 4.98 Å². The van der Waals surface area contributed by atoms with Crippen LogP contribution in [0.25, 0.3) is 10.2 Å². The fourth-order valence-electron chi connectivity index (χ4n) is 3.27. The van der Waals surface area contributed by atoms with Crippen LogP contribution >= 0.6 is 26.4 Å². The summed E-state index contributed by atoms with van der Waals surface area (Å²) in [6.45, 7) is 1.53. The summed E-state index contributed by atoms with van der Waals surface area (Å²) in [6, 6.07) is 14.2. The second kappa shape index (κ2) is 14.4. The second-order valence-electron chi connectivity index (χ2n) is 8.70. The molecule has 2 N–H and O–H groups in total. The predicted molar refractivity (Wildman–Crippen MR) is 155 cm³/mol. The van der Waals surface area contributed by atoms with Crippen molar-refractivity contribution in [1.29, 1.82) is 0 Å². The molecule has 4 unspecified atom stereocenters. The van der Waals surface area contributed by atoms with Gasteiger partial charge in [0.2, 0.25) is 5.13 Å². The lowest BCUT2D eigenvalue weighted by molar-refractivity contribution is -0.143. The SMILES string of the molecule is CC(C(=O)OCCN(CCOC(=O)C(C)P(=O)(O)N=O)c1ccc(N=Nc2nc3ccccc3s2)cc1)P(=O)(O)N=O. The van der Waals surface area contributed by atoms with Crippen LogP contribution in [0.3, 0.4) is 0 Å². The number of hydrogen-bond donors (Lipinski definition) is 2. The maximum absolute atomic E-state index is 12.1. The fraction of sp³-hybridized carbons (Fsp3) is 0.348. The summed E-state index contributed by atoms with van der Waals surface area (Å²) >= 11 is 1.38. The zero-order valence-corrected chi connectivity index (χ0v) is 24.9. The van der Waals surface area contributed by atoms with Crippen molar-refractivity contribution in [2.75, 3.05) is 31.2 Å². The normalized spacial score (nSPS) is 15.7. The molecule has 0 saturated carbocycles. The second-order valence-corrected chi connectivity index (χ2v) is 13.9. The third-order valence-corrected chi connectivity index (χ3v) is 9.71. The van der Waals surface area contributed by atoms with Gasteiger partial charge < -0.3 is 24.2 Å². The van der Waals surface area contributed by atoms with Crippen LogP contribution in [0.5, 0.6) is 0 Å². The van der Waals surface area contributed by atoms with Gasteiger partial charge in [0.1, 0.15) is 13.2 Å². The first-order valence-corrected chi connectivity index (χ1v) is 16.4. The van der Waals surface area contributed by atoms with Gasteiger partial charge in [-0.25, -0.2) is 4.98 Å². The van der Waals surface area contributed by atoms with E-state index in [-0.39, 0.29) is 26.3 Å². The number of carbonyl (C=O) groups is 2. The molecule has 2 aromatic carbocycles. The highest BCUT2D eigenvalue weighted by atomic mass is 32.1. The number of rotatable bonds is 15. The minimum absolute atomic E-state index is 0.0107. The summed E-state index contributed by atoms with van der Waals surface area (Å²) in [6.07, 6.45) is 0. The number of azo groups is 1. The Morgan fingerprint density at radius 3 is 1.90 bits per heavy atom. The molecule has 0 spiro atoms. The van der Waals surface area contributed by atoms with E-state index in [0.717, 1.165) is 24.1 Å². The van der Waals surface area contributed by atoms with Gasteiger partial charge in [-0.05, 0) is 50.2 Å². The molecule has 4 atom stereocenters. The van der Waals surface area contributed by atoms with Crippen molar-refractivity contribution in [2.24, 2.45) is 20.1 Å². The van der Waals surface area contributed by atoms with Gasteiger partial charge in [-0.15, -0.1) is 20.0 Å². The Kier molecular flexibility index (Phi) is 11.3. The van der Waals surface area contributed by atoms with Crippen molar-refractivity contribution in [2.45, 2.75) is 25.2 Å². The summed E-state index contributed by atoms with van der Waals surface area (Å²) in [5, 5.41) is 8.84. The summed E-state index contributed by atoms with van der Waals surface area (Å²) in [7, 11) is -9.23. The molecule has 3 aromatic rings. The summed E-state index contributed by atoms with van der Waals surface area (Å²) in [4.78, 5) is 74.4. The quantitative estimate of drug-likeness (QED) is 0.0935. The zero-order chi connectivity index (χ0) is 30.9. The van der Waals surface area contributed by atoms with Crippen LogP contribution in [0.4, 0.5) is 16.5 Å². The molecule has 0 saturated heterocycles. The first-order chi connectivity index (χ1) is 19.9. The Balaban J connectivity index is 1.68. The predicted octanol–water partition coefficient (Wildman–Crippen LogP) is 5.29. The van der Waals surface area contributed by atoms with Crippen LogP contribution in [0, 0.1) is 9.81 Å². The van der Waals surface area contributed by atoms with Gasteiger partial charge in [0.15, 0.2) is 11.3 Å². The third-order valence-electron chi connectivity index (χ3n) is 5.88. The van der Waals surface area contributed by atoms with Crippen molar-refractivity contribution < 1.29 is 38.0 Å². The molecule has 224 valence electrons. The fourth-order valence-corrected chi connectivity index (χ4v) is 5.04. The lowest BCUT2D eigenvalue weighted by Gasteiger charge is -2.25. The summed E-state index contributed by atoms with van der Waals surface area (Å²) in [5.74, 6) is -2.21. The number of thiazole rings is 1. The number of benzene rings is 2. The topological polar surface area (TPSA) is 227 Å². The number of anilines is 1. The van der Waals surface area contributed by atoms with Gasteiger partial charge >= 0.3 is 27.0 Å². The third kappa shape index (κ3) is 8.63. The van der Waals surface area contributed by atoms with Gasteiger partial charge in [0.25, 0.3) is 0 Å². The highest BCUT2D eigenvalue weighted by Crippen LogP contribution is 2.48. The van der Waals surface area contributed by atoms with E-state index in [1.165, 1.54) is 11.3 Å². The zero-order valence-electron chi connectivity index (χ0n) is 22.2. The van der Waals surface area contributed by atoms with Gasteiger partial charge in [-0.1, -0.05) is 23.5 Å². The number of esters is 2. The molecule has 19 heteroatoms. The Labute approximate surface area is 242 Å². The largest absolute Gasteiger partial charge is 0.463 e. The van der Waals surface area contributed by atoms with E-state index in [1.807, 2.05) is 24.3 Å². The van der Waals surface area contributed by atoms with Crippen LogP contribution in [-0.4, -0.2) is 64.3 Å². The average molecular weight is 641 g/mol. The highest BCUT2D eigenvalue weighted by Gasteiger charge is 2.37. The lowest BCUT2D eigenvalue weighted by atomic mass is 10.2. The highest BCUT2D eigenvalue weighted by molar-refractivity contribution is 7.58. The molecule has 0 aliphatic carbocycles. The number of para-hydroxylation sites is 1. The Morgan fingerprint density at radius 2 is 1.40 bits per heavy atom. The number of fused-ring (bicyclic) bond motifs is 1. The minimum Gasteiger partial charge on any atom is -0.463 e. The Bertz CT molecular complexity index is 1480. The van der Waals surface area contributed by atoms with E-state index in [2.05, 4.69) is 25.1 Å². The van der Waals surface area contributed by atoms with Crippen molar-refractivity contribution in [3.8, 4) is 0 Å². The molecule has 3 rings (SSSR count). The van der Waals surface area contributed by atoms with Gasteiger partial charge in [0.05, 0.1) is 29.0 Å². The van der Waals surface area contributed by atoms with Gasteiger partial charge in [-0.2, -0.15) is 0 Å². The van der Waals surface area contributed by atoms with E-state index < -0.39 is 38.3 Å². The van der Waals surface area contributed by atoms with Gasteiger partial charge in [0, 0.05) is 15.6 Å². The molecular weight excluding hydrogens is 614 g/mol. The summed E-state index contributed by atoms with van der Waals surface area (Å²) in [5.41, 5.74) is -1.45. The molecule has 1 aromatic heterocycles. The molecule has 0 aliphatic heterocycles. The van der Waals surface area contributed by atoms with E-state index in [4.69, 9.17) is 9.47 Å². The molecule has 0 amide bonds. The van der Waals surface area contributed by atoms with Crippen LogP contribution in [0.1, 0.15) is 13.8 Å². The van der Waals surface area contributed by atoms with Crippen LogP contribution in [0.2, 0.25) is 0 Å². The number of ether oxygens (including phenoxy) is 2. The molecule has 0 bridgehead atoms. The number of carbonyl (C=O) groups excluding carboxylic acids is 2. The smallest absolute Gasteiger partial charge is 0.363 e. The molecule has 0 fully saturated rings. The molecule has 42 heavy (non-hydrogen) atoms. The first-order valence-electron chi connectivity index (χ1n) is 12.2. The molecule has 0 aliphatic rings. The van der Waals surface area contributed by atoms with E-state index in [0.29, 0.717) is 16.5 Å². The number of aromatic nitrogens is 1. The number of hydrogen-bond acceptors (Lipinski definition) is 13. The average Bonchev–Trinajstić information content (AvgIpc) is 3.41. The first kappa shape index (κ1) is 32.8. The summed E-state index contributed by atoms with van der Waals surface area (Å²) < 4.78 is 34.3. The standard InChI is InChI=1S/C23H26N6O10P2S/c1-15(40(34,35)27-32)21(30)38-13-11-29(12-14-39-22(31)16(2)41(36,37)28-33)18-9-7-17(8-10-18)25-26-23-24-19-5-3-4-6-20(19)42-23/h3-10,15-16H,11-14H2,1-2H3,(H,34,35)(H,36,37). The van der Waals surface area contributed by atoms with Crippen molar-refractivity contribution >= 4 is 65.0 Å². The van der Waals surface area contributed by atoms with E-state index in [1.54, 1.807) is 29.2 Å². The van der Waals surface area contributed by atoms with E-state index >= 15 is 0 Å². The molecule has 0 radical (unpaired) electrons. The number of nitrogens with zero attached hydrogens (tertiary/aromatic N) is 6. The Hall–Kier alpha value is -3.75. The van der Waals surface area contributed by atoms with Crippen molar-refractivity contribution in [3.05, 3.63) is 58.3 Å². The van der Waals surface area contributed by atoms with E-state index in [9.17, 15) is 38.3 Å². The molecule has 16 nitrogen and oxygen atoms in total. The van der Waals surface area contributed by atoms with Crippen LogP contribution in [-0.2, 0) is 28.2 Å². The maximum atomic E-state index is 12.1.